The van der Waals surface area contributed by atoms with Gasteiger partial charge >= 0.3 is 0 Å². The molecule has 40 heavy (non-hydrogen) atoms. The highest BCUT2D eigenvalue weighted by atomic mass is 32.2. The lowest BCUT2D eigenvalue weighted by Gasteiger charge is -2.33. The maximum absolute atomic E-state index is 14.0. The minimum atomic E-state index is -4.23. The standard InChI is InChI=1S/C30H37N3O6S/c1-6-22(2)31-30(35)23(3)32(20-24-13-9-7-10-14-24)29(34)21-33(40(36,37)26-15-11-8-12-16-26)27-19-25(38-4)17-18-28(27)39-5/h7-19,22-23H,6,20-21H2,1-5H3,(H,31,35)/t22-,23-/m0/s1. The predicted octanol–water partition coefficient (Wildman–Crippen LogP) is 4.23. The van der Waals surface area contributed by atoms with Crippen LogP contribution in [0.2, 0.25) is 0 Å². The van der Waals surface area contributed by atoms with Crippen LogP contribution in [-0.4, -0.2) is 58.0 Å². The number of anilines is 1. The molecule has 2 atom stereocenters. The lowest BCUT2D eigenvalue weighted by atomic mass is 10.1. The van der Waals surface area contributed by atoms with Gasteiger partial charge < -0.3 is 19.7 Å². The van der Waals surface area contributed by atoms with Gasteiger partial charge in [-0.3, -0.25) is 13.9 Å². The number of nitrogens with one attached hydrogen (secondary N) is 1. The molecule has 0 aromatic heterocycles. The first-order chi connectivity index (χ1) is 19.1. The van der Waals surface area contributed by atoms with Gasteiger partial charge in [0.1, 0.15) is 24.1 Å². The van der Waals surface area contributed by atoms with Gasteiger partial charge in [0.05, 0.1) is 24.8 Å². The number of methoxy groups -OCH3 is 2. The van der Waals surface area contributed by atoms with E-state index in [1.807, 2.05) is 44.2 Å². The van der Waals surface area contributed by atoms with Crippen molar-refractivity contribution in [2.45, 2.75) is 50.7 Å². The molecule has 1 N–H and O–H groups in total. The fourth-order valence-corrected chi connectivity index (χ4v) is 5.49. The van der Waals surface area contributed by atoms with E-state index >= 15 is 0 Å². The van der Waals surface area contributed by atoms with Gasteiger partial charge in [0.15, 0.2) is 0 Å². The molecular weight excluding hydrogens is 530 g/mol. The zero-order valence-electron chi connectivity index (χ0n) is 23.5. The summed E-state index contributed by atoms with van der Waals surface area (Å²) in [5, 5.41) is 2.92. The van der Waals surface area contributed by atoms with E-state index in [0.717, 1.165) is 16.3 Å². The Balaban J connectivity index is 2.09. The summed E-state index contributed by atoms with van der Waals surface area (Å²) in [6.45, 7) is 5.02. The second-order valence-corrected chi connectivity index (χ2v) is 11.2. The van der Waals surface area contributed by atoms with E-state index in [-0.39, 0.29) is 34.8 Å². The summed E-state index contributed by atoms with van der Waals surface area (Å²) in [5.41, 5.74) is 0.936. The predicted molar refractivity (Wildman–Crippen MR) is 155 cm³/mol. The molecule has 0 aliphatic heterocycles. The summed E-state index contributed by atoms with van der Waals surface area (Å²) >= 11 is 0. The number of carbonyl (C=O) groups excluding carboxylic acids is 2. The van der Waals surface area contributed by atoms with Crippen molar-refractivity contribution in [2.75, 3.05) is 25.1 Å². The largest absolute Gasteiger partial charge is 0.497 e. The van der Waals surface area contributed by atoms with Gasteiger partial charge in [-0.25, -0.2) is 8.42 Å². The van der Waals surface area contributed by atoms with Crippen molar-refractivity contribution in [1.29, 1.82) is 0 Å². The molecule has 0 unspecified atom stereocenters. The van der Waals surface area contributed by atoms with Crippen molar-refractivity contribution in [3.8, 4) is 11.5 Å². The quantitative estimate of drug-likeness (QED) is 0.332. The molecule has 0 aliphatic rings. The number of nitrogens with zero attached hydrogens (tertiary/aromatic N) is 2. The van der Waals surface area contributed by atoms with Gasteiger partial charge in [-0.1, -0.05) is 55.5 Å². The highest BCUT2D eigenvalue weighted by molar-refractivity contribution is 7.92. The van der Waals surface area contributed by atoms with Crippen molar-refractivity contribution in [3.63, 3.8) is 0 Å². The maximum Gasteiger partial charge on any atom is 0.264 e. The third-order valence-electron chi connectivity index (χ3n) is 6.63. The van der Waals surface area contributed by atoms with E-state index in [9.17, 15) is 18.0 Å². The Kier molecular flexibility index (Phi) is 10.6. The van der Waals surface area contributed by atoms with Gasteiger partial charge in [-0.05, 0) is 50.1 Å². The maximum atomic E-state index is 14.0. The highest BCUT2D eigenvalue weighted by Gasteiger charge is 2.34. The van der Waals surface area contributed by atoms with E-state index in [0.29, 0.717) is 5.75 Å². The van der Waals surface area contributed by atoms with Gasteiger partial charge in [0.25, 0.3) is 10.0 Å². The summed E-state index contributed by atoms with van der Waals surface area (Å²) in [5.74, 6) is -0.251. The first-order valence-corrected chi connectivity index (χ1v) is 14.5. The molecule has 9 nitrogen and oxygen atoms in total. The van der Waals surface area contributed by atoms with E-state index in [1.165, 1.54) is 37.3 Å². The minimum Gasteiger partial charge on any atom is -0.497 e. The number of hydrogen-bond acceptors (Lipinski definition) is 6. The van der Waals surface area contributed by atoms with Crippen molar-refractivity contribution < 1.29 is 27.5 Å². The van der Waals surface area contributed by atoms with Crippen LogP contribution in [0.4, 0.5) is 5.69 Å². The molecule has 0 radical (unpaired) electrons. The molecule has 0 spiro atoms. The molecule has 0 bridgehead atoms. The molecule has 10 heteroatoms. The number of amides is 2. The molecule has 3 rings (SSSR count). The molecule has 0 heterocycles. The van der Waals surface area contributed by atoms with Gasteiger partial charge in [0.2, 0.25) is 11.8 Å². The molecule has 0 aliphatic carbocycles. The fraction of sp³-hybridized carbons (Fsp3) is 0.333. The van der Waals surface area contributed by atoms with E-state index < -0.39 is 28.5 Å². The number of sulfonamides is 1. The summed E-state index contributed by atoms with van der Waals surface area (Å²) in [6, 6.07) is 20.9. The molecule has 0 fully saturated rings. The topological polar surface area (TPSA) is 105 Å². The Morgan fingerprint density at radius 3 is 2.10 bits per heavy atom. The first-order valence-electron chi connectivity index (χ1n) is 13.1. The Hall–Kier alpha value is -4.05. The Morgan fingerprint density at radius 2 is 1.52 bits per heavy atom. The number of ether oxygens (including phenoxy) is 2. The second-order valence-electron chi connectivity index (χ2n) is 9.36. The normalized spacial score (nSPS) is 12.6. The summed E-state index contributed by atoms with van der Waals surface area (Å²) in [4.78, 5) is 28.6. The fourth-order valence-electron chi connectivity index (χ4n) is 4.05. The van der Waals surface area contributed by atoms with Crippen LogP contribution in [0.3, 0.4) is 0 Å². The second kappa shape index (κ2) is 13.8. The number of rotatable bonds is 13. The highest BCUT2D eigenvalue weighted by Crippen LogP contribution is 2.36. The molecule has 214 valence electrons. The average Bonchev–Trinajstić information content (AvgIpc) is 2.98. The minimum absolute atomic E-state index is 0.00449. The molecule has 3 aromatic carbocycles. The van der Waals surface area contributed by atoms with E-state index in [1.54, 1.807) is 37.3 Å². The van der Waals surface area contributed by atoms with Crippen LogP contribution in [0, 0.1) is 0 Å². The Morgan fingerprint density at radius 1 is 0.900 bits per heavy atom. The van der Waals surface area contributed by atoms with Crippen LogP contribution in [0.1, 0.15) is 32.8 Å². The molecule has 3 aromatic rings. The van der Waals surface area contributed by atoms with Gasteiger partial charge in [-0.2, -0.15) is 0 Å². The third-order valence-corrected chi connectivity index (χ3v) is 8.40. The zero-order valence-corrected chi connectivity index (χ0v) is 24.4. The van der Waals surface area contributed by atoms with Crippen molar-refractivity contribution in [1.82, 2.24) is 10.2 Å². The summed E-state index contributed by atoms with van der Waals surface area (Å²) < 4.78 is 39.8. The van der Waals surface area contributed by atoms with Crippen molar-refractivity contribution in [2.24, 2.45) is 0 Å². The van der Waals surface area contributed by atoms with Crippen LogP contribution in [0.15, 0.2) is 83.8 Å². The van der Waals surface area contributed by atoms with E-state index in [4.69, 9.17) is 9.47 Å². The smallest absolute Gasteiger partial charge is 0.264 e. The molecule has 0 saturated heterocycles. The van der Waals surface area contributed by atoms with Gasteiger partial charge in [-0.15, -0.1) is 0 Å². The number of hydrogen-bond donors (Lipinski definition) is 1. The Labute approximate surface area is 236 Å². The van der Waals surface area contributed by atoms with Crippen LogP contribution >= 0.6 is 0 Å². The molecular formula is C30H37N3O6S. The van der Waals surface area contributed by atoms with Gasteiger partial charge in [0, 0.05) is 18.7 Å². The lowest BCUT2D eigenvalue weighted by Crippen LogP contribution is -2.52. The van der Waals surface area contributed by atoms with Crippen LogP contribution < -0.4 is 19.1 Å². The monoisotopic (exact) mass is 567 g/mol. The molecule has 2 amide bonds. The van der Waals surface area contributed by atoms with Crippen molar-refractivity contribution in [3.05, 3.63) is 84.4 Å². The lowest BCUT2D eigenvalue weighted by molar-refractivity contribution is -0.139. The van der Waals surface area contributed by atoms with Crippen molar-refractivity contribution >= 4 is 27.5 Å². The molecule has 0 saturated carbocycles. The zero-order chi connectivity index (χ0) is 29.3. The SMILES string of the molecule is CC[C@H](C)NC(=O)[C@H](C)N(Cc1ccccc1)C(=O)CN(c1cc(OC)ccc1OC)S(=O)(=O)c1ccccc1. The number of benzene rings is 3. The third kappa shape index (κ3) is 7.32. The Bertz CT molecular complexity index is 1380. The van der Waals surface area contributed by atoms with Crippen LogP contribution in [0.5, 0.6) is 11.5 Å². The average molecular weight is 568 g/mol. The first kappa shape index (κ1) is 30.5. The van der Waals surface area contributed by atoms with E-state index in [2.05, 4.69) is 5.32 Å². The van der Waals surface area contributed by atoms with Crippen LogP contribution in [0.25, 0.3) is 0 Å². The van der Waals surface area contributed by atoms with Crippen LogP contribution in [-0.2, 0) is 26.2 Å². The summed E-state index contributed by atoms with van der Waals surface area (Å²) in [6.07, 6.45) is 0.726. The summed E-state index contributed by atoms with van der Waals surface area (Å²) in [7, 11) is -1.35. The number of carbonyl (C=O) groups is 2.